The van der Waals surface area contributed by atoms with E-state index >= 15 is 0 Å². The maximum absolute atomic E-state index is 10.6. The van der Waals surface area contributed by atoms with Crippen LogP contribution in [0.15, 0.2) is 24.3 Å². The zero-order valence-corrected chi connectivity index (χ0v) is 17.5. The van der Waals surface area contributed by atoms with Gasteiger partial charge in [-0.1, -0.05) is 32.6 Å². The largest absolute Gasteiger partial charge is 0.491 e. The number of nitrogens with zero attached hydrogens (tertiary/aromatic N) is 1. The molecule has 0 heterocycles. The number of rotatable bonds is 20. The van der Waals surface area contributed by atoms with Crippen LogP contribution >= 0.6 is 0 Å². The molecule has 0 aromatic heterocycles. The van der Waals surface area contributed by atoms with E-state index in [9.17, 15) is 10.1 Å². The standard InChI is InChI=1S/C21H35NO7/c1-2-3-4-5-6-11-25-12-13-26-14-15-27-16-17-28-18-19-29-21-9-7-20(8-10-21)22(23)24/h7-10H,2-6,11-19H2,1H3. The first-order chi connectivity index (χ1) is 14.2. The van der Waals surface area contributed by atoms with Crippen LogP contribution in [0, 0.1) is 10.1 Å². The molecule has 0 saturated carbocycles. The Hall–Kier alpha value is -1.74. The minimum absolute atomic E-state index is 0.0417. The third-order valence-electron chi connectivity index (χ3n) is 4.05. The van der Waals surface area contributed by atoms with Crippen molar-refractivity contribution in [2.24, 2.45) is 0 Å². The second-order valence-corrected chi connectivity index (χ2v) is 6.46. The number of unbranched alkanes of at least 4 members (excludes halogenated alkanes) is 4. The first-order valence-electron chi connectivity index (χ1n) is 10.4. The average Bonchev–Trinajstić information content (AvgIpc) is 2.73. The Morgan fingerprint density at radius 2 is 1.17 bits per heavy atom. The van der Waals surface area contributed by atoms with Crippen molar-refractivity contribution in [3.63, 3.8) is 0 Å². The molecule has 0 fully saturated rings. The minimum atomic E-state index is -0.442. The number of benzene rings is 1. The number of nitro groups is 1. The Kier molecular flexibility index (Phi) is 16.0. The van der Waals surface area contributed by atoms with E-state index in [1.165, 1.54) is 37.8 Å². The van der Waals surface area contributed by atoms with Gasteiger partial charge in [0.2, 0.25) is 0 Å². The van der Waals surface area contributed by atoms with Gasteiger partial charge in [-0.3, -0.25) is 10.1 Å². The van der Waals surface area contributed by atoms with Crippen LogP contribution in [0.2, 0.25) is 0 Å². The van der Waals surface area contributed by atoms with Crippen molar-refractivity contribution in [2.45, 2.75) is 39.0 Å². The van der Waals surface area contributed by atoms with Crippen LogP contribution in [-0.4, -0.2) is 64.4 Å². The molecule has 0 aliphatic heterocycles. The molecule has 0 bridgehead atoms. The van der Waals surface area contributed by atoms with Crippen LogP contribution in [0.4, 0.5) is 5.69 Å². The van der Waals surface area contributed by atoms with Crippen molar-refractivity contribution in [1.29, 1.82) is 0 Å². The summed E-state index contributed by atoms with van der Waals surface area (Å²) < 4.78 is 27.2. The molecular formula is C21H35NO7. The predicted molar refractivity (Wildman–Crippen MR) is 111 cm³/mol. The monoisotopic (exact) mass is 413 g/mol. The summed E-state index contributed by atoms with van der Waals surface area (Å²) in [5.74, 6) is 0.577. The van der Waals surface area contributed by atoms with Gasteiger partial charge >= 0.3 is 0 Å². The lowest BCUT2D eigenvalue weighted by Gasteiger charge is -2.08. The molecule has 0 radical (unpaired) electrons. The van der Waals surface area contributed by atoms with Crippen molar-refractivity contribution in [2.75, 3.05) is 59.5 Å². The van der Waals surface area contributed by atoms with Crippen LogP contribution in [0.1, 0.15) is 39.0 Å². The SMILES string of the molecule is CCCCCCCOCCOCCOCCOCCOc1ccc([N+](=O)[O-])cc1. The van der Waals surface area contributed by atoms with Gasteiger partial charge in [-0.15, -0.1) is 0 Å². The van der Waals surface area contributed by atoms with Gasteiger partial charge in [0.25, 0.3) is 5.69 Å². The third-order valence-corrected chi connectivity index (χ3v) is 4.05. The molecule has 0 amide bonds. The van der Waals surface area contributed by atoms with Gasteiger partial charge < -0.3 is 23.7 Å². The first-order valence-corrected chi connectivity index (χ1v) is 10.4. The molecule has 0 unspecified atom stereocenters. The molecule has 0 atom stereocenters. The fraction of sp³-hybridized carbons (Fsp3) is 0.714. The van der Waals surface area contributed by atoms with Crippen molar-refractivity contribution < 1.29 is 28.6 Å². The summed E-state index contributed by atoms with van der Waals surface area (Å²) in [6.45, 7) is 7.09. The minimum Gasteiger partial charge on any atom is -0.491 e. The molecule has 1 aromatic rings. The van der Waals surface area contributed by atoms with Crippen LogP contribution in [0.5, 0.6) is 5.75 Å². The average molecular weight is 414 g/mol. The molecule has 166 valence electrons. The van der Waals surface area contributed by atoms with E-state index in [-0.39, 0.29) is 5.69 Å². The van der Waals surface area contributed by atoms with Gasteiger partial charge in [0.15, 0.2) is 0 Å². The Balaban J connectivity index is 1.77. The quantitative estimate of drug-likeness (QED) is 0.181. The lowest BCUT2D eigenvalue weighted by Crippen LogP contribution is -2.13. The Morgan fingerprint density at radius 3 is 1.69 bits per heavy atom. The number of non-ortho nitro benzene ring substituents is 1. The highest BCUT2D eigenvalue weighted by molar-refractivity contribution is 5.35. The topological polar surface area (TPSA) is 89.3 Å². The van der Waals surface area contributed by atoms with E-state index in [2.05, 4.69) is 6.92 Å². The summed E-state index contributed by atoms with van der Waals surface area (Å²) >= 11 is 0. The highest BCUT2D eigenvalue weighted by atomic mass is 16.6. The van der Waals surface area contributed by atoms with E-state index < -0.39 is 4.92 Å². The van der Waals surface area contributed by atoms with E-state index in [0.29, 0.717) is 58.6 Å². The van der Waals surface area contributed by atoms with Gasteiger partial charge in [-0.25, -0.2) is 0 Å². The van der Waals surface area contributed by atoms with E-state index in [1.807, 2.05) is 0 Å². The molecule has 0 saturated heterocycles. The zero-order chi connectivity index (χ0) is 21.0. The molecule has 8 heteroatoms. The zero-order valence-electron chi connectivity index (χ0n) is 17.5. The summed E-state index contributed by atoms with van der Waals surface area (Å²) in [7, 11) is 0. The summed E-state index contributed by atoms with van der Waals surface area (Å²) in [6.07, 6.45) is 6.24. The molecule has 0 spiro atoms. The summed E-state index contributed by atoms with van der Waals surface area (Å²) in [6, 6.07) is 5.96. The molecule has 1 rings (SSSR count). The molecule has 29 heavy (non-hydrogen) atoms. The van der Waals surface area contributed by atoms with Crippen LogP contribution < -0.4 is 4.74 Å². The molecular weight excluding hydrogens is 378 g/mol. The Bertz CT molecular complexity index is 510. The van der Waals surface area contributed by atoms with Crippen LogP contribution in [-0.2, 0) is 18.9 Å². The van der Waals surface area contributed by atoms with Gasteiger partial charge in [0, 0.05) is 18.7 Å². The van der Waals surface area contributed by atoms with E-state index in [1.54, 1.807) is 12.1 Å². The molecule has 0 aliphatic rings. The Labute approximate surface area is 173 Å². The van der Waals surface area contributed by atoms with Gasteiger partial charge in [-0.2, -0.15) is 0 Å². The number of hydrogen-bond donors (Lipinski definition) is 0. The first kappa shape index (κ1) is 25.3. The van der Waals surface area contributed by atoms with Gasteiger partial charge in [-0.05, 0) is 18.6 Å². The smallest absolute Gasteiger partial charge is 0.269 e. The van der Waals surface area contributed by atoms with Crippen LogP contribution in [0.25, 0.3) is 0 Å². The highest BCUT2D eigenvalue weighted by Gasteiger charge is 2.04. The van der Waals surface area contributed by atoms with Crippen molar-refractivity contribution in [3.05, 3.63) is 34.4 Å². The molecule has 8 nitrogen and oxygen atoms in total. The lowest BCUT2D eigenvalue weighted by atomic mass is 10.2. The fourth-order valence-corrected chi connectivity index (χ4v) is 2.45. The summed E-state index contributed by atoms with van der Waals surface area (Å²) in [5.41, 5.74) is 0.0417. The second kappa shape index (κ2) is 18.3. The third kappa shape index (κ3) is 14.9. The van der Waals surface area contributed by atoms with Gasteiger partial charge in [0.1, 0.15) is 12.4 Å². The Morgan fingerprint density at radius 1 is 0.690 bits per heavy atom. The van der Waals surface area contributed by atoms with Crippen LogP contribution in [0.3, 0.4) is 0 Å². The van der Waals surface area contributed by atoms with Crippen molar-refractivity contribution in [3.8, 4) is 5.75 Å². The van der Waals surface area contributed by atoms with E-state index in [0.717, 1.165) is 13.0 Å². The molecule has 0 aliphatic carbocycles. The maximum Gasteiger partial charge on any atom is 0.269 e. The number of hydrogen-bond acceptors (Lipinski definition) is 7. The normalized spacial score (nSPS) is 10.9. The highest BCUT2D eigenvalue weighted by Crippen LogP contribution is 2.17. The van der Waals surface area contributed by atoms with E-state index in [4.69, 9.17) is 23.7 Å². The van der Waals surface area contributed by atoms with Crippen molar-refractivity contribution in [1.82, 2.24) is 0 Å². The fourth-order valence-electron chi connectivity index (χ4n) is 2.45. The van der Waals surface area contributed by atoms with Gasteiger partial charge in [0.05, 0.1) is 51.2 Å². The molecule has 1 aromatic carbocycles. The number of ether oxygens (including phenoxy) is 5. The summed E-state index contributed by atoms with van der Waals surface area (Å²) in [4.78, 5) is 10.1. The second-order valence-electron chi connectivity index (χ2n) is 6.46. The molecule has 0 N–H and O–H groups in total. The van der Waals surface area contributed by atoms with Crippen molar-refractivity contribution >= 4 is 5.69 Å². The maximum atomic E-state index is 10.6. The summed E-state index contributed by atoms with van der Waals surface area (Å²) in [5, 5.41) is 10.6. The lowest BCUT2D eigenvalue weighted by molar-refractivity contribution is -0.384. The number of nitro benzene ring substituents is 1. The predicted octanol–water partition coefficient (Wildman–Crippen LogP) is 4.01.